The van der Waals surface area contributed by atoms with Crippen LogP contribution in [0.15, 0.2) is 0 Å². The molecule has 1 saturated heterocycles. The number of unbranched alkanes of at least 4 members (excludes halogenated alkanes) is 1. The fraction of sp³-hybridized carbons (Fsp3) is 0.889. The Labute approximate surface area is 68.4 Å². The van der Waals surface area contributed by atoms with Gasteiger partial charge in [0.15, 0.2) is 0 Å². The molecule has 1 fully saturated rings. The van der Waals surface area contributed by atoms with Gasteiger partial charge in [-0.2, -0.15) is 0 Å². The van der Waals surface area contributed by atoms with Gasteiger partial charge in [0, 0.05) is 18.9 Å². The Morgan fingerprint density at radius 1 is 1.64 bits per heavy atom. The summed E-state index contributed by atoms with van der Waals surface area (Å²) in [7, 11) is 0. The van der Waals surface area contributed by atoms with Crippen LogP contribution in [0.25, 0.3) is 0 Å². The maximum absolute atomic E-state index is 11.4. The van der Waals surface area contributed by atoms with Crippen LogP contribution in [-0.4, -0.2) is 18.9 Å². The summed E-state index contributed by atoms with van der Waals surface area (Å²) >= 11 is 0. The molecule has 1 rings (SSSR count). The van der Waals surface area contributed by atoms with Gasteiger partial charge in [-0.15, -0.1) is 0 Å². The topological polar surface area (TPSA) is 29.1 Å². The third-order valence-electron chi connectivity index (χ3n) is 2.29. The van der Waals surface area contributed by atoms with Crippen molar-refractivity contribution in [1.82, 2.24) is 5.32 Å². The van der Waals surface area contributed by atoms with Crippen LogP contribution in [0.2, 0.25) is 0 Å². The van der Waals surface area contributed by atoms with E-state index in [9.17, 15) is 4.79 Å². The number of carbonyl (C=O) groups is 1. The summed E-state index contributed by atoms with van der Waals surface area (Å²) in [5, 5.41) is 3.21. The zero-order valence-electron chi connectivity index (χ0n) is 7.23. The predicted octanol–water partition coefficient (Wildman–Crippen LogP) is 1.36. The van der Waals surface area contributed by atoms with Gasteiger partial charge in [0.25, 0.3) is 0 Å². The van der Waals surface area contributed by atoms with Crippen molar-refractivity contribution >= 4 is 5.78 Å². The Hall–Kier alpha value is -0.370. The van der Waals surface area contributed by atoms with Crippen molar-refractivity contribution in [3.63, 3.8) is 0 Å². The smallest absolute Gasteiger partial charge is 0.137 e. The van der Waals surface area contributed by atoms with Crippen LogP contribution in [0, 0.1) is 5.92 Å². The number of hydrogen-bond donors (Lipinski definition) is 1. The van der Waals surface area contributed by atoms with Gasteiger partial charge in [0.2, 0.25) is 0 Å². The summed E-state index contributed by atoms with van der Waals surface area (Å²) in [5.74, 6) is 0.804. The van der Waals surface area contributed by atoms with E-state index in [1.165, 1.54) is 0 Å². The van der Waals surface area contributed by atoms with Crippen LogP contribution < -0.4 is 5.32 Å². The SMILES string of the molecule is CCCCC(=O)[C@H]1CCNC1. The Morgan fingerprint density at radius 3 is 3.00 bits per heavy atom. The summed E-state index contributed by atoms with van der Waals surface area (Å²) in [6, 6.07) is 0. The average Bonchev–Trinajstić information content (AvgIpc) is 2.52. The minimum atomic E-state index is 0.335. The molecule has 1 N–H and O–H groups in total. The van der Waals surface area contributed by atoms with Crippen molar-refractivity contribution in [2.75, 3.05) is 13.1 Å². The molecule has 0 saturated carbocycles. The molecule has 0 aromatic carbocycles. The minimum absolute atomic E-state index is 0.335. The fourth-order valence-electron chi connectivity index (χ4n) is 1.48. The van der Waals surface area contributed by atoms with Crippen molar-refractivity contribution in [1.29, 1.82) is 0 Å². The second-order valence-electron chi connectivity index (χ2n) is 3.26. The van der Waals surface area contributed by atoms with E-state index >= 15 is 0 Å². The molecule has 0 unspecified atom stereocenters. The lowest BCUT2D eigenvalue weighted by atomic mass is 9.99. The van der Waals surface area contributed by atoms with Crippen molar-refractivity contribution in [2.24, 2.45) is 5.92 Å². The van der Waals surface area contributed by atoms with Crippen LogP contribution in [0.5, 0.6) is 0 Å². The number of carbonyl (C=O) groups excluding carboxylic acids is 1. The molecule has 1 aliphatic rings. The highest BCUT2D eigenvalue weighted by molar-refractivity contribution is 5.81. The molecule has 2 nitrogen and oxygen atoms in total. The number of nitrogens with one attached hydrogen (secondary N) is 1. The zero-order chi connectivity index (χ0) is 8.10. The highest BCUT2D eigenvalue weighted by Crippen LogP contribution is 2.12. The summed E-state index contributed by atoms with van der Waals surface area (Å²) < 4.78 is 0. The van der Waals surface area contributed by atoms with Crippen molar-refractivity contribution in [3.8, 4) is 0 Å². The number of rotatable bonds is 4. The molecule has 0 aromatic rings. The van der Waals surface area contributed by atoms with Gasteiger partial charge >= 0.3 is 0 Å². The van der Waals surface area contributed by atoms with Gasteiger partial charge < -0.3 is 5.32 Å². The molecule has 1 aliphatic heterocycles. The molecular weight excluding hydrogens is 138 g/mol. The zero-order valence-corrected chi connectivity index (χ0v) is 7.23. The first kappa shape index (κ1) is 8.72. The van der Waals surface area contributed by atoms with Crippen LogP contribution in [0.4, 0.5) is 0 Å². The first-order valence-electron chi connectivity index (χ1n) is 4.58. The minimum Gasteiger partial charge on any atom is -0.316 e. The normalized spacial score (nSPS) is 23.9. The van der Waals surface area contributed by atoms with Crippen LogP contribution >= 0.6 is 0 Å². The molecule has 0 bridgehead atoms. The van der Waals surface area contributed by atoms with Crippen LogP contribution in [-0.2, 0) is 4.79 Å². The molecule has 0 radical (unpaired) electrons. The molecule has 64 valence electrons. The Bertz CT molecular complexity index is 128. The van der Waals surface area contributed by atoms with E-state index in [0.717, 1.165) is 38.8 Å². The highest BCUT2D eigenvalue weighted by atomic mass is 16.1. The lowest BCUT2D eigenvalue weighted by Crippen LogP contribution is -2.17. The maximum atomic E-state index is 11.4. The van der Waals surface area contributed by atoms with Crippen LogP contribution in [0.1, 0.15) is 32.6 Å². The summed E-state index contributed by atoms with van der Waals surface area (Å²) in [6.45, 7) is 4.07. The molecule has 0 aliphatic carbocycles. The van der Waals surface area contributed by atoms with Crippen molar-refractivity contribution in [3.05, 3.63) is 0 Å². The predicted molar refractivity (Wildman–Crippen MR) is 45.5 cm³/mol. The Balaban J connectivity index is 2.17. The maximum Gasteiger partial charge on any atom is 0.137 e. The van der Waals surface area contributed by atoms with Gasteiger partial charge in [0.1, 0.15) is 5.78 Å². The summed E-state index contributed by atoms with van der Waals surface area (Å²) in [5.41, 5.74) is 0. The Morgan fingerprint density at radius 2 is 2.45 bits per heavy atom. The van der Waals surface area contributed by atoms with Gasteiger partial charge in [0.05, 0.1) is 0 Å². The highest BCUT2D eigenvalue weighted by Gasteiger charge is 2.20. The van der Waals surface area contributed by atoms with E-state index in [4.69, 9.17) is 0 Å². The molecule has 11 heavy (non-hydrogen) atoms. The van der Waals surface area contributed by atoms with E-state index < -0.39 is 0 Å². The number of hydrogen-bond acceptors (Lipinski definition) is 2. The molecule has 0 aromatic heterocycles. The quantitative estimate of drug-likeness (QED) is 0.664. The van der Waals surface area contributed by atoms with Crippen molar-refractivity contribution in [2.45, 2.75) is 32.6 Å². The van der Waals surface area contributed by atoms with E-state index in [1.807, 2.05) is 0 Å². The summed E-state index contributed by atoms with van der Waals surface area (Å²) in [6.07, 6.45) is 4.05. The van der Waals surface area contributed by atoms with E-state index in [2.05, 4.69) is 12.2 Å². The number of ketones is 1. The van der Waals surface area contributed by atoms with Gasteiger partial charge in [-0.05, 0) is 19.4 Å². The van der Waals surface area contributed by atoms with E-state index in [-0.39, 0.29) is 0 Å². The third-order valence-corrected chi connectivity index (χ3v) is 2.29. The van der Waals surface area contributed by atoms with Gasteiger partial charge in [-0.3, -0.25) is 4.79 Å². The second kappa shape index (κ2) is 4.50. The molecule has 1 heterocycles. The van der Waals surface area contributed by atoms with E-state index in [0.29, 0.717) is 11.7 Å². The molecule has 1 atom stereocenters. The average molecular weight is 155 g/mol. The second-order valence-corrected chi connectivity index (χ2v) is 3.26. The molecule has 0 spiro atoms. The molecule has 0 amide bonds. The first-order valence-corrected chi connectivity index (χ1v) is 4.58. The van der Waals surface area contributed by atoms with Crippen molar-refractivity contribution < 1.29 is 4.79 Å². The van der Waals surface area contributed by atoms with Gasteiger partial charge in [-0.25, -0.2) is 0 Å². The lowest BCUT2D eigenvalue weighted by Gasteiger charge is -2.04. The fourth-order valence-corrected chi connectivity index (χ4v) is 1.48. The van der Waals surface area contributed by atoms with E-state index in [1.54, 1.807) is 0 Å². The first-order chi connectivity index (χ1) is 5.34. The third kappa shape index (κ3) is 2.62. The molecule has 2 heteroatoms. The summed E-state index contributed by atoms with van der Waals surface area (Å²) in [4.78, 5) is 11.4. The monoisotopic (exact) mass is 155 g/mol. The standard InChI is InChI=1S/C9H17NO/c1-2-3-4-9(11)8-5-6-10-7-8/h8,10H,2-7H2,1H3/t8-/m0/s1. The number of Topliss-reactive ketones (excluding diaryl/α,β-unsaturated/α-hetero) is 1. The lowest BCUT2D eigenvalue weighted by molar-refractivity contribution is -0.122. The molecular formula is C9H17NO. The largest absolute Gasteiger partial charge is 0.316 e. The Kier molecular flexibility index (Phi) is 3.57. The van der Waals surface area contributed by atoms with Gasteiger partial charge in [-0.1, -0.05) is 13.3 Å². The van der Waals surface area contributed by atoms with Crippen LogP contribution in [0.3, 0.4) is 0 Å².